The predicted octanol–water partition coefficient (Wildman–Crippen LogP) is 4.28. The first-order valence-corrected chi connectivity index (χ1v) is 11.1. The number of nitrogens with one attached hydrogen (secondary N) is 1. The van der Waals surface area contributed by atoms with E-state index < -0.39 is 10.0 Å². The zero-order chi connectivity index (χ0) is 17.8. The molecule has 0 aliphatic heterocycles. The maximum Gasteiger partial charge on any atom is 0.229 e. The van der Waals surface area contributed by atoms with Crippen LogP contribution in [-0.2, 0) is 16.4 Å². The third kappa shape index (κ3) is 9.93. The first-order chi connectivity index (χ1) is 11.4. The Bertz CT molecular complexity index is 533. The molecule has 1 aromatic rings. The van der Waals surface area contributed by atoms with Crippen molar-refractivity contribution in [3.8, 4) is 0 Å². The SMILES string of the molecule is CCCCN(CCCC)CCCCc1ccc(NS(C)(=O)=O)cc1. The molecule has 0 unspecified atom stereocenters. The van der Waals surface area contributed by atoms with Crippen LogP contribution in [-0.4, -0.2) is 39.2 Å². The highest BCUT2D eigenvalue weighted by Gasteiger charge is 2.04. The molecule has 24 heavy (non-hydrogen) atoms. The molecule has 1 N–H and O–H groups in total. The van der Waals surface area contributed by atoms with E-state index in [0.717, 1.165) is 6.42 Å². The number of nitrogens with zero attached hydrogens (tertiary/aromatic N) is 1. The average molecular weight is 355 g/mol. The Hall–Kier alpha value is -1.07. The summed E-state index contributed by atoms with van der Waals surface area (Å²) in [5, 5.41) is 0. The first kappa shape index (κ1) is 21.0. The van der Waals surface area contributed by atoms with Crippen LogP contribution in [0, 0.1) is 0 Å². The van der Waals surface area contributed by atoms with Gasteiger partial charge in [-0.05, 0) is 69.4 Å². The molecule has 1 aromatic carbocycles. The highest BCUT2D eigenvalue weighted by atomic mass is 32.2. The van der Waals surface area contributed by atoms with Gasteiger partial charge in [-0.1, -0.05) is 38.8 Å². The van der Waals surface area contributed by atoms with Crippen molar-refractivity contribution in [2.45, 2.75) is 58.8 Å². The number of hydrogen-bond acceptors (Lipinski definition) is 3. The molecule has 0 radical (unpaired) electrons. The standard InChI is InChI=1S/C19H34N2O2S/c1-4-6-15-21(16-7-5-2)17-9-8-10-18-11-13-19(14-12-18)20-24(3,22)23/h11-14,20H,4-10,15-17H2,1-3H3. The number of anilines is 1. The van der Waals surface area contributed by atoms with E-state index in [1.54, 1.807) is 0 Å². The van der Waals surface area contributed by atoms with Gasteiger partial charge >= 0.3 is 0 Å². The van der Waals surface area contributed by atoms with Crippen LogP contribution in [0.5, 0.6) is 0 Å². The lowest BCUT2D eigenvalue weighted by atomic mass is 10.1. The van der Waals surface area contributed by atoms with Crippen molar-refractivity contribution in [3.05, 3.63) is 29.8 Å². The Kier molecular flexibility index (Phi) is 10.0. The smallest absolute Gasteiger partial charge is 0.229 e. The van der Waals surface area contributed by atoms with Crippen molar-refractivity contribution < 1.29 is 8.42 Å². The normalized spacial score (nSPS) is 11.8. The zero-order valence-electron chi connectivity index (χ0n) is 15.6. The van der Waals surface area contributed by atoms with Gasteiger partial charge < -0.3 is 4.90 Å². The van der Waals surface area contributed by atoms with Crippen molar-refractivity contribution in [2.24, 2.45) is 0 Å². The molecular formula is C19H34N2O2S. The highest BCUT2D eigenvalue weighted by molar-refractivity contribution is 7.92. The molecule has 0 heterocycles. The summed E-state index contributed by atoms with van der Waals surface area (Å²) in [7, 11) is -3.19. The van der Waals surface area contributed by atoms with Gasteiger partial charge in [0, 0.05) is 5.69 Å². The summed E-state index contributed by atoms with van der Waals surface area (Å²) in [6.45, 7) is 8.14. The van der Waals surface area contributed by atoms with Crippen molar-refractivity contribution in [3.63, 3.8) is 0 Å². The van der Waals surface area contributed by atoms with Crippen LogP contribution in [0.1, 0.15) is 57.9 Å². The van der Waals surface area contributed by atoms with Crippen molar-refractivity contribution in [2.75, 3.05) is 30.6 Å². The van der Waals surface area contributed by atoms with Gasteiger partial charge in [0.15, 0.2) is 0 Å². The Balaban J connectivity index is 2.32. The van der Waals surface area contributed by atoms with E-state index in [4.69, 9.17) is 0 Å². The molecule has 0 aliphatic carbocycles. The van der Waals surface area contributed by atoms with Crippen molar-refractivity contribution in [1.29, 1.82) is 0 Å². The fourth-order valence-electron chi connectivity index (χ4n) is 2.72. The predicted molar refractivity (Wildman–Crippen MR) is 104 cm³/mol. The minimum Gasteiger partial charge on any atom is -0.303 e. The molecule has 1 rings (SSSR count). The fraction of sp³-hybridized carbons (Fsp3) is 0.684. The number of rotatable bonds is 13. The second kappa shape index (κ2) is 11.5. The number of sulfonamides is 1. The second-order valence-corrected chi connectivity index (χ2v) is 8.33. The monoisotopic (exact) mass is 354 g/mol. The van der Waals surface area contributed by atoms with Crippen LogP contribution in [0.25, 0.3) is 0 Å². The van der Waals surface area contributed by atoms with Gasteiger partial charge in [-0.3, -0.25) is 4.72 Å². The summed E-state index contributed by atoms with van der Waals surface area (Å²) in [6.07, 6.45) is 9.71. The molecule has 138 valence electrons. The third-order valence-electron chi connectivity index (χ3n) is 4.10. The molecule has 0 spiro atoms. The van der Waals surface area contributed by atoms with Crippen molar-refractivity contribution >= 4 is 15.7 Å². The molecule has 0 aliphatic rings. The van der Waals surface area contributed by atoms with Crippen LogP contribution in [0.2, 0.25) is 0 Å². The maximum absolute atomic E-state index is 11.2. The number of hydrogen-bond donors (Lipinski definition) is 1. The minimum absolute atomic E-state index is 0.631. The van der Waals surface area contributed by atoms with E-state index in [0.29, 0.717) is 5.69 Å². The lowest BCUT2D eigenvalue weighted by Crippen LogP contribution is -2.27. The number of aryl methyl sites for hydroxylation is 1. The highest BCUT2D eigenvalue weighted by Crippen LogP contribution is 2.13. The van der Waals surface area contributed by atoms with Crippen LogP contribution >= 0.6 is 0 Å². The summed E-state index contributed by atoms with van der Waals surface area (Å²) in [5.74, 6) is 0. The molecule has 0 bridgehead atoms. The summed E-state index contributed by atoms with van der Waals surface area (Å²) in [4.78, 5) is 2.60. The molecule has 4 nitrogen and oxygen atoms in total. The lowest BCUT2D eigenvalue weighted by molar-refractivity contribution is 0.260. The Morgan fingerprint density at radius 1 is 0.875 bits per heavy atom. The summed E-state index contributed by atoms with van der Waals surface area (Å²) in [6, 6.07) is 7.70. The molecule has 0 saturated carbocycles. The van der Waals surface area contributed by atoms with E-state index in [9.17, 15) is 8.42 Å². The summed E-state index contributed by atoms with van der Waals surface area (Å²) < 4.78 is 24.9. The van der Waals surface area contributed by atoms with Gasteiger partial charge in [0.25, 0.3) is 0 Å². The Labute approximate surface area is 148 Å². The van der Waals surface area contributed by atoms with E-state index in [-0.39, 0.29) is 0 Å². The minimum atomic E-state index is -3.19. The summed E-state index contributed by atoms with van der Waals surface area (Å²) in [5.41, 5.74) is 1.90. The van der Waals surface area contributed by atoms with Gasteiger partial charge in [-0.15, -0.1) is 0 Å². The number of unbranched alkanes of at least 4 members (excludes halogenated alkanes) is 3. The molecule has 0 amide bonds. The van der Waals surface area contributed by atoms with Gasteiger partial charge in [-0.2, -0.15) is 0 Å². The summed E-state index contributed by atoms with van der Waals surface area (Å²) >= 11 is 0. The average Bonchev–Trinajstić information content (AvgIpc) is 2.53. The van der Waals surface area contributed by atoms with Crippen LogP contribution in [0.15, 0.2) is 24.3 Å². The van der Waals surface area contributed by atoms with Crippen LogP contribution in [0.4, 0.5) is 5.69 Å². The van der Waals surface area contributed by atoms with Gasteiger partial charge in [-0.25, -0.2) is 8.42 Å². The first-order valence-electron chi connectivity index (χ1n) is 9.23. The largest absolute Gasteiger partial charge is 0.303 e. The zero-order valence-corrected chi connectivity index (χ0v) is 16.4. The molecular weight excluding hydrogens is 320 g/mol. The molecule has 5 heteroatoms. The molecule has 0 fully saturated rings. The fourth-order valence-corrected chi connectivity index (χ4v) is 3.28. The van der Waals surface area contributed by atoms with E-state index in [1.807, 2.05) is 24.3 Å². The van der Waals surface area contributed by atoms with Gasteiger partial charge in [0.05, 0.1) is 6.26 Å². The van der Waals surface area contributed by atoms with Crippen LogP contribution in [0.3, 0.4) is 0 Å². The third-order valence-corrected chi connectivity index (χ3v) is 4.71. The van der Waals surface area contributed by atoms with Crippen molar-refractivity contribution in [1.82, 2.24) is 4.90 Å². The second-order valence-electron chi connectivity index (χ2n) is 6.58. The quantitative estimate of drug-likeness (QED) is 0.538. The Morgan fingerprint density at radius 2 is 1.42 bits per heavy atom. The maximum atomic E-state index is 11.2. The van der Waals surface area contributed by atoms with Gasteiger partial charge in [0.1, 0.15) is 0 Å². The van der Waals surface area contributed by atoms with Gasteiger partial charge in [0.2, 0.25) is 10.0 Å². The topological polar surface area (TPSA) is 49.4 Å². The van der Waals surface area contributed by atoms with E-state index in [2.05, 4.69) is 23.5 Å². The number of benzene rings is 1. The molecule has 0 aromatic heterocycles. The Morgan fingerprint density at radius 3 is 1.92 bits per heavy atom. The molecule has 0 saturated heterocycles. The lowest BCUT2D eigenvalue weighted by Gasteiger charge is -2.21. The van der Waals surface area contributed by atoms with E-state index >= 15 is 0 Å². The van der Waals surface area contributed by atoms with E-state index in [1.165, 1.54) is 70.0 Å². The van der Waals surface area contributed by atoms with Crippen LogP contribution < -0.4 is 4.72 Å². The molecule has 0 atom stereocenters.